The molecule has 0 aliphatic carbocycles. The van der Waals surface area contributed by atoms with E-state index in [2.05, 4.69) is 5.32 Å². The maximum absolute atomic E-state index is 13.1. The van der Waals surface area contributed by atoms with Gasteiger partial charge in [-0.05, 0) is 20.0 Å². The molecule has 1 atom stereocenters. The average Bonchev–Trinajstić information content (AvgIpc) is 2.22. The molecule has 0 radical (unpaired) electrons. The molecule has 82 valence electrons. The number of benzene rings is 1. The highest BCUT2D eigenvalue weighted by atomic mass is 19.2. The number of hydrogen-bond donors (Lipinski definition) is 1. The largest absolute Gasteiger partial charge is 0.493 e. The number of rotatable bonds is 1. The van der Waals surface area contributed by atoms with Crippen molar-refractivity contribution >= 4 is 0 Å². The minimum atomic E-state index is -0.867. The highest BCUT2D eigenvalue weighted by molar-refractivity contribution is 5.41. The van der Waals surface area contributed by atoms with Crippen molar-refractivity contribution in [3.8, 4) is 5.75 Å². The van der Waals surface area contributed by atoms with Crippen molar-refractivity contribution in [3.05, 3.63) is 29.3 Å². The van der Waals surface area contributed by atoms with Gasteiger partial charge in [0.05, 0.1) is 6.61 Å². The molecular formula is C11H13F2NO. The normalized spacial score (nSPS) is 24.5. The minimum Gasteiger partial charge on any atom is -0.493 e. The molecule has 2 rings (SSSR count). The Labute approximate surface area is 87.2 Å². The lowest BCUT2D eigenvalue weighted by molar-refractivity contribution is 0.202. The second kappa shape index (κ2) is 3.45. The molecule has 4 heteroatoms. The monoisotopic (exact) mass is 213 g/mol. The molecule has 2 nitrogen and oxygen atoms in total. The molecule has 1 aromatic carbocycles. The van der Waals surface area contributed by atoms with Crippen molar-refractivity contribution in [1.29, 1.82) is 0 Å². The summed E-state index contributed by atoms with van der Waals surface area (Å²) in [5, 5.41) is 3.11. The maximum Gasteiger partial charge on any atom is 0.162 e. The molecule has 0 aromatic heterocycles. The van der Waals surface area contributed by atoms with E-state index in [9.17, 15) is 8.78 Å². The third-order valence-electron chi connectivity index (χ3n) is 3.03. The molecule has 0 saturated heterocycles. The molecule has 0 saturated carbocycles. The van der Waals surface area contributed by atoms with Crippen LogP contribution in [0.4, 0.5) is 8.78 Å². The zero-order valence-electron chi connectivity index (χ0n) is 8.73. The van der Waals surface area contributed by atoms with Crippen molar-refractivity contribution in [2.45, 2.75) is 18.9 Å². The van der Waals surface area contributed by atoms with E-state index in [-0.39, 0.29) is 5.54 Å². The fourth-order valence-electron chi connectivity index (χ4n) is 1.84. The molecule has 0 fully saturated rings. The molecule has 0 spiro atoms. The Kier molecular flexibility index (Phi) is 2.38. The Morgan fingerprint density at radius 1 is 1.33 bits per heavy atom. The third kappa shape index (κ3) is 1.59. The van der Waals surface area contributed by atoms with E-state index in [1.807, 2.05) is 6.92 Å². The van der Waals surface area contributed by atoms with Crippen LogP contribution in [0.15, 0.2) is 12.1 Å². The van der Waals surface area contributed by atoms with Gasteiger partial charge in [-0.1, -0.05) is 0 Å². The predicted molar refractivity (Wildman–Crippen MR) is 52.9 cm³/mol. The standard InChI is InChI=1S/C11H13F2NO/c1-11(14-2)3-4-15-10-6-9(13)8(12)5-7(10)11/h5-6,14H,3-4H2,1-2H3. The second-order valence-electron chi connectivity index (χ2n) is 3.94. The summed E-state index contributed by atoms with van der Waals surface area (Å²) in [7, 11) is 1.80. The summed E-state index contributed by atoms with van der Waals surface area (Å²) in [6.07, 6.45) is 0.738. The fourth-order valence-corrected chi connectivity index (χ4v) is 1.84. The van der Waals surface area contributed by atoms with Gasteiger partial charge in [-0.2, -0.15) is 0 Å². The molecule has 1 heterocycles. The summed E-state index contributed by atoms with van der Waals surface area (Å²) < 4.78 is 31.4. The van der Waals surface area contributed by atoms with Crippen LogP contribution in [0.3, 0.4) is 0 Å². The Morgan fingerprint density at radius 3 is 2.67 bits per heavy atom. The molecule has 0 bridgehead atoms. The molecule has 1 N–H and O–H groups in total. The number of fused-ring (bicyclic) bond motifs is 1. The van der Waals surface area contributed by atoms with Crippen molar-refractivity contribution in [1.82, 2.24) is 5.32 Å². The molecular weight excluding hydrogens is 200 g/mol. The van der Waals surface area contributed by atoms with Gasteiger partial charge in [-0.15, -0.1) is 0 Å². The predicted octanol–water partition coefficient (Wildman–Crippen LogP) is 2.18. The van der Waals surface area contributed by atoms with Crippen LogP contribution in [-0.2, 0) is 5.54 Å². The summed E-state index contributed by atoms with van der Waals surface area (Å²) >= 11 is 0. The molecule has 1 unspecified atom stereocenters. The lowest BCUT2D eigenvalue weighted by Crippen LogP contribution is -2.41. The van der Waals surface area contributed by atoms with E-state index >= 15 is 0 Å². The van der Waals surface area contributed by atoms with Crippen LogP contribution in [0, 0.1) is 11.6 Å². The summed E-state index contributed by atoms with van der Waals surface area (Å²) in [5.41, 5.74) is 0.331. The average molecular weight is 213 g/mol. The lowest BCUT2D eigenvalue weighted by Gasteiger charge is -2.35. The molecule has 0 amide bonds. The smallest absolute Gasteiger partial charge is 0.162 e. The van der Waals surface area contributed by atoms with Gasteiger partial charge >= 0.3 is 0 Å². The van der Waals surface area contributed by atoms with Gasteiger partial charge < -0.3 is 10.1 Å². The first kappa shape index (κ1) is 10.4. The number of nitrogens with one attached hydrogen (secondary N) is 1. The Bertz CT molecular complexity index is 394. The zero-order valence-corrected chi connectivity index (χ0v) is 8.73. The minimum absolute atomic E-state index is 0.345. The summed E-state index contributed by atoms with van der Waals surface area (Å²) in [6.45, 7) is 2.46. The van der Waals surface area contributed by atoms with Gasteiger partial charge in [0.25, 0.3) is 0 Å². The molecule has 15 heavy (non-hydrogen) atoms. The van der Waals surface area contributed by atoms with Crippen molar-refractivity contribution in [2.24, 2.45) is 0 Å². The van der Waals surface area contributed by atoms with Gasteiger partial charge in [0, 0.05) is 23.6 Å². The Morgan fingerprint density at radius 2 is 2.00 bits per heavy atom. The first-order chi connectivity index (χ1) is 7.07. The quantitative estimate of drug-likeness (QED) is 0.772. The first-order valence-corrected chi connectivity index (χ1v) is 4.88. The topological polar surface area (TPSA) is 21.3 Å². The highest BCUT2D eigenvalue weighted by Gasteiger charge is 2.32. The van der Waals surface area contributed by atoms with Crippen LogP contribution in [0.25, 0.3) is 0 Å². The van der Waals surface area contributed by atoms with Crippen LogP contribution in [0.1, 0.15) is 18.9 Å². The van der Waals surface area contributed by atoms with E-state index in [0.717, 1.165) is 12.5 Å². The third-order valence-corrected chi connectivity index (χ3v) is 3.03. The number of ether oxygens (including phenoxy) is 1. The number of hydrogen-bond acceptors (Lipinski definition) is 2. The summed E-state index contributed by atoms with van der Waals surface area (Å²) in [4.78, 5) is 0. The maximum atomic E-state index is 13.1. The SMILES string of the molecule is CNC1(C)CCOc2cc(F)c(F)cc21. The van der Waals surface area contributed by atoms with Gasteiger partial charge in [0.15, 0.2) is 11.6 Å². The van der Waals surface area contributed by atoms with Gasteiger partial charge in [0.2, 0.25) is 0 Å². The summed E-state index contributed by atoms with van der Waals surface area (Å²) in [5.74, 6) is -1.27. The van der Waals surface area contributed by atoms with Crippen LogP contribution >= 0.6 is 0 Å². The van der Waals surface area contributed by atoms with E-state index < -0.39 is 11.6 Å². The molecule has 1 aromatic rings. The first-order valence-electron chi connectivity index (χ1n) is 4.88. The van der Waals surface area contributed by atoms with Crippen LogP contribution in [-0.4, -0.2) is 13.7 Å². The zero-order chi connectivity index (χ0) is 11.1. The Balaban J connectivity index is 2.56. The van der Waals surface area contributed by atoms with E-state index in [1.54, 1.807) is 7.05 Å². The fraction of sp³-hybridized carbons (Fsp3) is 0.455. The lowest BCUT2D eigenvalue weighted by atomic mass is 9.86. The van der Waals surface area contributed by atoms with E-state index in [4.69, 9.17) is 4.74 Å². The van der Waals surface area contributed by atoms with E-state index in [1.165, 1.54) is 6.07 Å². The van der Waals surface area contributed by atoms with Crippen molar-refractivity contribution in [3.63, 3.8) is 0 Å². The molecule has 1 aliphatic rings. The van der Waals surface area contributed by atoms with Crippen LogP contribution in [0.5, 0.6) is 5.75 Å². The second-order valence-corrected chi connectivity index (χ2v) is 3.94. The van der Waals surface area contributed by atoms with Crippen LogP contribution < -0.4 is 10.1 Å². The number of halogens is 2. The van der Waals surface area contributed by atoms with Crippen molar-refractivity contribution in [2.75, 3.05) is 13.7 Å². The summed E-state index contributed by atoms with van der Waals surface area (Å²) in [6, 6.07) is 2.32. The van der Waals surface area contributed by atoms with Crippen LogP contribution in [0.2, 0.25) is 0 Å². The van der Waals surface area contributed by atoms with E-state index in [0.29, 0.717) is 17.9 Å². The van der Waals surface area contributed by atoms with Gasteiger partial charge in [0.1, 0.15) is 5.75 Å². The Hall–Kier alpha value is -1.16. The highest BCUT2D eigenvalue weighted by Crippen LogP contribution is 2.37. The molecule has 1 aliphatic heterocycles. The van der Waals surface area contributed by atoms with Gasteiger partial charge in [-0.3, -0.25) is 0 Å². The van der Waals surface area contributed by atoms with Gasteiger partial charge in [-0.25, -0.2) is 8.78 Å². The van der Waals surface area contributed by atoms with Crippen molar-refractivity contribution < 1.29 is 13.5 Å².